The van der Waals surface area contributed by atoms with E-state index in [9.17, 15) is 4.79 Å². The van der Waals surface area contributed by atoms with Gasteiger partial charge in [0.25, 0.3) is 5.91 Å². The summed E-state index contributed by atoms with van der Waals surface area (Å²) in [6.07, 6.45) is 4.77. The minimum Gasteiger partial charge on any atom is -0.395 e. The van der Waals surface area contributed by atoms with Gasteiger partial charge in [0, 0.05) is 19.2 Å². The van der Waals surface area contributed by atoms with Crippen molar-refractivity contribution in [1.82, 2.24) is 15.6 Å². The van der Waals surface area contributed by atoms with E-state index < -0.39 is 0 Å². The Labute approximate surface area is 136 Å². The SMILES string of the molecule is CCC(C)(C)N=C(Cc1ccc(C(=O)NCCO)nc1)NC#N. The fourth-order valence-electron chi connectivity index (χ4n) is 1.74. The molecule has 1 rings (SSSR count). The molecule has 1 heterocycles. The van der Waals surface area contributed by atoms with Gasteiger partial charge in [0.2, 0.25) is 0 Å². The van der Waals surface area contributed by atoms with Crippen LogP contribution < -0.4 is 10.6 Å². The van der Waals surface area contributed by atoms with Crippen LogP contribution in [0.15, 0.2) is 23.3 Å². The zero-order valence-electron chi connectivity index (χ0n) is 13.8. The molecule has 0 radical (unpaired) electrons. The lowest BCUT2D eigenvalue weighted by atomic mass is 10.0. The average molecular weight is 317 g/mol. The molecule has 0 fully saturated rings. The van der Waals surface area contributed by atoms with Crippen LogP contribution in [-0.4, -0.2) is 40.5 Å². The Bertz CT molecular complexity index is 587. The van der Waals surface area contributed by atoms with Gasteiger partial charge < -0.3 is 10.4 Å². The van der Waals surface area contributed by atoms with E-state index in [4.69, 9.17) is 10.4 Å². The second kappa shape index (κ2) is 8.86. The monoisotopic (exact) mass is 317 g/mol. The van der Waals surface area contributed by atoms with E-state index in [2.05, 4.69) is 20.6 Å². The second-order valence-electron chi connectivity index (χ2n) is 5.67. The number of aliphatic imine (C=N–C) groups is 1. The van der Waals surface area contributed by atoms with E-state index >= 15 is 0 Å². The highest BCUT2D eigenvalue weighted by atomic mass is 16.3. The quantitative estimate of drug-likeness (QED) is 0.301. The summed E-state index contributed by atoms with van der Waals surface area (Å²) < 4.78 is 0. The molecule has 23 heavy (non-hydrogen) atoms. The Hall–Kier alpha value is -2.46. The van der Waals surface area contributed by atoms with Crippen LogP contribution in [0.2, 0.25) is 0 Å². The third kappa shape index (κ3) is 6.45. The third-order valence-electron chi connectivity index (χ3n) is 3.33. The Morgan fingerprint density at radius 2 is 2.22 bits per heavy atom. The summed E-state index contributed by atoms with van der Waals surface area (Å²) in [5, 5.41) is 22.7. The van der Waals surface area contributed by atoms with Crippen LogP contribution in [0.25, 0.3) is 0 Å². The molecule has 1 aromatic rings. The van der Waals surface area contributed by atoms with Crippen LogP contribution in [0.1, 0.15) is 43.2 Å². The van der Waals surface area contributed by atoms with E-state index in [0.29, 0.717) is 12.3 Å². The first kappa shape index (κ1) is 18.6. The van der Waals surface area contributed by atoms with Crippen LogP contribution in [0.3, 0.4) is 0 Å². The maximum absolute atomic E-state index is 11.7. The Balaban J connectivity index is 2.83. The topological polar surface area (TPSA) is 110 Å². The van der Waals surface area contributed by atoms with Crippen molar-refractivity contribution in [2.75, 3.05) is 13.2 Å². The molecule has 0 unspecified atom stereocenters. The van der Waals surface area contributed by atoms with Gasteiger partial charge in [-0.3, -0.25) is 20.1 Å². The van der Waals surface area contributed by atoms with Gasteiger partial charge in [-0.2, -0.15) is 5.26 Å². The zero-order chi connectivity index (χ0) is 17.3. The molecule has 0 bridgehead atoms. The van der Waals surface area contributed by atoms with E-state index in [0.717, 1.165) is 12.0 Å². The number of nitrogens with zero attached hydrogens (tertiary/aromatic N) is 3. The molecular formula is C16H23N5O2. The Morgan fingerprint density at radius 1 is 1.48 bits per heavy atom. The summed E-state index contributed by atoms with van der Waals surface area (Å²) in [7, 11) is 0. The lowest BCUT2D eigenvalue weighted by Gasteiger charge is -2.19. The van der Waals surface area contributed by atoms with E-state index in [-0.39, 0.29) is 30.3 Å². The highest BCUT2D eigenvalue weighted by Gasteiger charge is 2.15. The number of carbonyl (C=O) groups is 1. The average Bonchev–Trinajstić information content (AvgIpc) is 2.53. The lowest BCUT2D eigenvalue weighted by molar-refractivity contribution is 0.0940. The number of hydrogen-bond acceptors (Lipinski definition) is 5. The second-order valence-corrected chi connectivity index (χ2v) is 5.67. The van der Waals surface area contributed by atoms with Gasteiger partial charge in [-0.25, -0.2) is 0 Å². The number of nitriles is 1. The number of aromatic nitrogens is 1. The highest BCUT2D eigenvalue weighted by Crippen LogP contribution is 2.14. The molecule has 7 heteroatoms. The molecule has 0 saturated carbocycles. The number of nitrogens with one attached hydrogen (secondary N) is 2. The molecule has 0 aliphatic rings. The van der Waals surface area contributed by atoms with Crippen molar-refractivity contribution in [3.8, 4) is 6.19 Å². The van der Waals surface area contributed by atoms with Crippen LogP contribution in [0, 0.1) is 11.5 Å². The molecule has 0 aliphatic carbocycles. The zero-order valence-corrected chi connectivity index (χ0v) is 13.8. The number of hydrogen-bond donors (Lipinski definition) is 3. The molecule has 1 amide bonds. The number of aliphatic hydroxyl groups excluding tert-OH is 1. The summed E-state index contributed by atoms with van der Waals surface area (Å²) in [6.45, 7) is 6.11. The van der Waals surface area contributed by atoms with Crippen molar-refractivity contribution in [3.05, 3.63) is 29.6 Å². The fourth-order valence-corrected chi connectivity index (χ4v) is 1.74. The van der Waals surface area contributed by atoms with Crippen LogP contribution in [-0.2, 0) is 6.42 Å². The molecule has 0 aliphatic heterocycles. The molecule has 3 N–H and O–H groups in total. The van der Waals surface area contributed by atoms with E-state index in [1.165, 1.54) is 0 Å². The summed E-state index contributed by atoms with van der Waals surface area (Å²) in [4.78, 5) is 20.4. The van der Waals surface area contributed by atoms with Crippen LogP contribution >= 0.6 is 0 Å². The maximum Gasteiger partial charge on any atom is 0.269 e. The lowest BCUT2D eigenvalue weighted by Crippen LogP contribution is -2.28. The van der Waals surface area contributed by atoms with Gasteiger partial charge >= 0.3 is 0 Å². The van der Waals surface area contributed by atoms with E-state index in [1.54, 1.807) is 18.3 Å². The number of rotatable bonds is 7. The molecule has 1 aromatic heterocycles. The first-order valence-electron chi connectivity index (χ1n) is 7.49. The van der Waals surface area contributed by atoms with Crippen molar-refractivity contribution in [2.24, 2.45) is 4.99 Å². The molecule has 0 spiro atoms. The van der Waals surface area contributed by atoms with Crippen molar-refractivity contribution < 1.29 is 9.90 Å². The van der Waals surface area contributed by atoms with Gasteiger partial charge in [-0.15, -0.1) is 0 Å². The Kier molecular flexibility index (Phi) is 7.16. The maximum atomic E-state index is 11.7. The first-order valence-corrected chi connectivity index (χ1v) is 7.49. The summed E-state index contributed by atoms with van der Waals surface area (Å²) in [6, 6.07) is 3.38. The minimum absolute atomic E-state index is 0.114. The predicted molar refractivity (Wildman–Crippen MR) is 87.9 cm³/mol. The van der Waals surface area contributed by atoms with Crippen LogP contribution in [0.5, 0.6) is 0 Å². The smallest absolute Gasteiger partial charge is 0.269 e. The van der Waals surface area contributed by atoms with Crippen molar-refractivity contribution in [3.63, 3.8) is 0 Å². The first-order chi connectivity index (χ1) is 10.9. The number of amides is 1. The number of carbonyl (C=O) groups excluding carboxylic acids is 1. The largest absolute Gasteiger partial charge is 0.395 e. The standard InChI is InChI=1S/C16H23N5O2/c1-4-16(2,3)21-14(20-11-17)9-12-5-6-13(19-10-12)15(23)18-7-8-22/h5-6,10,22H,4,7-9H2,1-3H3,(H,18,23)(H,20,21). The van der Waals surface area contributed by atoms with E-state index in [1.807, 2.05) is 27.0 Å². The van der Waals surface area contributed by atoms with Gasteiger partial charge in [0.1, 0.15) is 11.5 Å². The predicted octanol–water partition coefficient (Wildman–Crippen LogP) is 1.00. The van der Waals surface area contributed by atoms with Crippen molar-refractivity contribution in [1.29, 1.82) is 5.26 Å². The molecular weight excluding hydrogens is 294 g/mol. The highest BCUT2D eigenvalue weighted by molar-refractivity contribution is 5.92. The van der Waals surface area contributed by atoms with Gasteiger partial charge in [0.05, 0.1) is 12.1 Å². The molecule has 7 nitrogen and oxygen atoms in total. The van der Waals surface area contributed by atoms with Crippen molar-refractivity contribution in [2.45, 2.75) is 39.2 Å². The van der Waals surface area contributed by atoms with Gasteiger partial charge in [-0.05, 0) is 31.9 Å². The molecule has 0 aromatic carbocycles. The molecule has 124 valence electrons. The van der Waals surface area contributed by atoms with Crippen LogP contribution in [0.4, 0.5) is 0 Å². The fraction of sp³-hybridized carbons (Fsp3) is 0.500. The molecule has 0 saturated heterocycles. The summed E-state index contributed by atoms with van der Waals surface area (Å²) in [5.41, 5.74) is 0.872. The third-order valence-corrected chi connectivity index (χ3v) is 3.33. The number of pyridine rings is 1. The summed E-state index contributed by atoms with van der Waals surface area (Å²) >= 11 is 0. The van der Waals surface area contributed by atoms with Crippen molar-refractivity contribution >= 4 is 11.7 Å². The van der Waals surface area contributed by atoms with Gasteiger partial charge in [0.15, 0.2) is 6.19 Å². The molecule has 0 atom stereocenters. The van der Waals surface area contributed by atoms with Gasteiger partial charge in [-0.1, -0.05) is 13.0 Å². The Morgan fingerprint density at radius 3 is 2.74 bits per heavy atom. The minimum atomic E-state index is -0.332. The number of amidine groups is 1. The normalized spacial score (nSPS) is 11.7. The summed E-state index contributed by atoms with van der Waals surface area (Å²) in [5.74, 6) is 0.236. The number of aliphatic hydroxyl groups is 1.